The Kier molecular flexibility index (Phi) is 5.30. The number of benzene rings is 1. The molecule has 0 aliphatic carbocycles. The Morgan fingerprint density at radius 1 is 1.28 bits per heavy atom. The third kappa shape index (κ3) is 4.08. The van der Waals surface area contributed by atoms with Crippen LogP contribution in [0.2, 0.25) is 0 Å². The van der Waals surface area contributed by atoms with Gasteiger partial charge in [0, 0.05) is 23.4 Å². The van der Waals surface area contributed by atoms with Crippen molar-refractivity contribution in [1.82, 2.24) is 0 Å². The molecule has 0 aliphatic heterocycles. The van der Waals surface area contributed by atoms with E-state index in [1.54, 1.807) is 6.92 Å². The predicted molar refractivity (Wildman–Crippen MR) is 61.4 cm³/mol. The zero-order chi connectivity index (χ0) is 13.8. The second kappa shape index (κ2) is 6.31. The first-order valence-electron chi connectivity index (χ1n) is 5.00. The molecule has 1 rings (SSSR count). The lowest BCUT2D eigenvalue weighted by molar-refractivity contribution is 0.107. The number of hydrogen-bond acceptors (Lipinski definition) is 4. The van der Waals surface area contributed by atoms with E-state index in [0.717, 1.165) is 0 Å². The first-order chi connectivity index (χ1) is 8.36. The number of halogens is 3. The van der Waals surface area contributed by atoms with Crippen LogP contribution in [0.3, 0.4) is 0 Å². The highest BCUT2D eigenvalue weighted by Gasteiger charge is 2.22. The van der Waals surface area contributed by atoms with Crippen molar-refractivity contribution in [2.24, 2.45) is 0 Å². The van der Waals surface area contributed by atoms with E-state index in [-0.39, 0.29) is 13.2 Å². The topological polar surface area (TPSA) is 52.6 Å². The number of rotatable bonds is 6. The van der Waals surface area contributed by atoms with Gasteiger partial charge in [-0.25, -0.2) is 17.2 Å². The summed E-state index contributed by atoms with van der Waals surface area (Å²) in [5.41, 5.74) is 0. The van der Waals surface area contributed by atoms with E-state index in [2.05, 4.69) is 0 Å². The zero-order valence-electron chi connectivity index (χ0n) is 9.45. The van der Waals surface area contributed by atoms with Gasteiger partial charge in [0.2, 0.25) is 0 Å². The van der Waals surface area contributed by atoms with Gasteiger partial charge >= 0.3 is 0 Å². The van der Waals surface area contributed by atoms with Gasteiger partial charge in [-0.05, 0) is 13.0 Å². The molecular weight excluding hydrogens is 290 g/mol. The van der Waals surface area contributed by atoms with Gasteiger partial charge in [-0.15, -0.1) is 0 Å². The predicted octanol–water partition coefficient (Wildman–Crippen LogP) is 2.31. The summed E-state index contributed by atoms with van der Waals surface area (Å²) in [6, 6.07) is 1.11. The van der Waals surface area contributed by atoms with Crippen LogP contribution in [-0.4, -0.2) is 28.2 Å². The van der Waals surface area contributed by atoms with Crippen LogP contribution in [-0.2, 0) is 13.8 Å². The Balaban J connectivity index is 3.02. The average molecular weight is 301 g/mol. The van der Waals surface area contributed by atoms with Crippen LogP contribution in [0.15, 0.2) is 17.0 Å². The first-order valence-corrected chi connectivity index (χ1v) is 7.31. The summed E-state index contributed by atoms with van der Waals surface area (Å²) >= 11 is 0. The van der Waals surface area contributed by atoms with Crippen LogP contribution in [0.1, 0.15) is 6.92 Å². The van der Waals surface area contributed by atoms with Crippen molar-refractivity contribution >= 4 is 19.7 Å². The van der Waals surface area contributed by atoms with Crippen LogP contribution in [0.4, 0.5) is 8.78 Å². The van der Waals surface area contributed by atoms with Gasteiger partial charge in [0.05, 0.1) is 6.61 Å². The summed E-state index contributed by atoms with van der Waals surface area (Å²) < 4.78 is 58.6. The SMILES string of the molecule is CCOCCOc1c(F)cc(F)cc1S(=O)(=O)Cl. The lowest BCUT2D eigenvalue weighted by Gasteiger charge is -2.10. The molecule has 8 heteroatoms. The monoisotopic (exact) mass is 300 g/mol. The third-order valence-electron chi connectivity index (χ3n) is 1.92. The highest BCUT2D eigenvalue weighted by atomic mass is 35.7. The van der Waals surface area contributed by atoms with Crippen molar-refractivity contribution in [1.29, 1.82) is 0 Å². The molecule has 0 radical (unpaired) electrons. The maximum Gasteiger partial charge on any atom is 0.265 e. The molecule has 0 amide bonds. The van der Waals surface area contributed by atoms with E-state index in [0.29, 0.717) is 18.7 Å². The van der Waals surface area contributed by atoms with Crippen LogP contribution < -0.4 is 4.74 Å². The first kappa shape index (κ1) is 15.1. The maximum absolute atomic E-state index is 13.4. The lowest BCUT2D eigenvalue weighted by Crippen LogP contribution is -2.10. The van der Waals surface area contributed by atoms with Crippen molar-refractivity contribution in [2.45, 2.75) is 11.8 Å². The van der Waals surface area contributed by atoms with Gasteiger partial charge in [-0.2, -0.15) is 0 Å². The van der Waals surface area contributed by atoms with Gasteiger partial charge in [0.1, 0.15) is 17.3 Å². The normalized spacial score (nSPS) is 11.6. The molecule has 102 valence electrons. The molecule has 18 heavy (non-hydrogen) atoms. The summed E-state index contributed by atoms with van der Waals surface area (Å²) in [4.78, 5) is -0.738. The molecule has 1 aromatic rings. The van der Waals surface area contributed by atoms with Crippen LogP contribution in [0.25, 0.3) is 0 Å². The molecule has 0 unspecified atom stereocenters. The zero-order valence-corrected chi connectivity index (χ0v) is 11.0. The summed E-state index contributed by atoms with van der Waals surface area (Å²) in [5.74, 6) is -2.79. The van der Waals surface area contributed by atoms with Crippen molar-refractivity contribution < 1.29 is 26.7 Å². The number of ether oxygens (including phenoxy) is 2. The Morgan fingerprint density at radius 2 is 1.94 bits per heavy atom. The molecule has 0 aliphatic rings. The van der Waals surface area contributed by atoms with E-state index >= 15 is 0 Å². The molecule has 0 saturated carbocycles. The van der Waals surface area contributed by atoms with Crippen molar-refractivity contribution in [3.63, 3.8) is 0 Å². The summed E-state index contributed by atoms with van der Waals surface area (Å²) in [5, 5.41) is 0. The molecule has 0 saturated heterocycles. The van der Waals surface area contributed by atoms with Gasteiger partial charge < -0.3 is 9.47 Å². The van der Waals surface area contributed by atoms with Crippen molar-refractivity contribution in [3.8, 4) is 5.75 Å². The number of hydrogen-bond donors (Lipinski definition) is 0. The second-order valence-corrected chi connectivity index (χ2v) is 5.73. The fraction of sp³-hybridized carbons (Fsp3) is 0.400. The lowest BCUT2D eigenvalue weighted by atomic mass is 10.3. The standard InChI is InChI=1S/C10H11ClF2O4S/c1-2-16-3-4-17-10-8(13)5-7(12)6-9(10)18(11,14)15/h5-6H,2-4H2,1H3. The Labute approximate surface area is 108 Å². The molecule has 0 fully saturated rings. The Bertz CT molecular complexity index is 519. The molecule has 1 aromatic carbocycles. The molecule has 0 aromatic heterocycles. The highest BCUT2D eigenvalue weighted by molar-refractivity contribution is 8.13. The van der Waals surface area contributed by atoms with Crippen LogP contribution >= 0.6 is 10.7 Å². The van der Waals surface area contributed by atoms with Gasteiger partial charge in [0.25, 0.3) is 9.05 Å². The quantitative estimate of drug-likeness (QED) is 0.597. The Morgan fingerprint density at radius 3 is 2.50 bits per heavy atom. The summed E-state index contributed by atoms with van der Waals surface area (Å²) in [6.07, 6.45) is 0. The fourth-order valence-corrected chi connectivity index (χ4v) is 2.18. The minimum atomic E-state index is -4.29. The second-order valence-electron chi connectivity index (χ2n) is 3.20. The minimum Gasteiger partial charge on any atom is -0.487 e. The van der Waals surface area contributed by atoms with E-state index in [1.165, 1.54) is 0 Å². The fourth-order valence-electron chi connectivity index (χ4n) is 1.20. The van der Waals surface area contributed by atoms with Crippen LogP contribution in [0, 0.1) is 11.6 Å². The maximum atomic E-state index is 13.4. The summed E-state index contributed by atoms with van der Waals surface area (Å²) in [7, 11) is 0.781. The van der Waals surface area contributed by atoms with Gasteiger partial charge in [0.15, 0.2) is 11.6 Å². The van der Waals surface area contributed by atoms with E-state index in [4.69, 9.17) is 20.2 Å². The highest BCUT2D eigenvalue weighted by Crippen LogP contribution is 2.30. The molecule has 0 heterocycles. The molecular formula is C10H11ClF2O4S. The van der Waals surface area contributed by atoms with E-state index in [1.807, 2.05) is 0 Å². The van der Waals surface area contributed by atoms with Crippen molar-refractivity contribution in [3.05, 3.63) is 23.8 Å². The molecule has 0 spiro atoms. The van der Waals surface area contributed by atoms with Crippen LogP contribution in [0.5, 0.6) is 5.75 Å². The smallest absolute Gasteiger partial charge is 0.265 e. The summed E-state index contributed by atoms with van der Waals surface area (Å²) in [6.45, 7) is 2.27. The molecule has 4 nitrogen and oxygen atoms in total. The average Bonchev–Trinajstić information content (AvgIpc) is 2.24. The van der Waals surface area contributed by atoms with Gasteiger partial charge in [-0.1, -0.05) is 0 Å². The Hall–Kier alpha value is -0.920. The van der Waals surface area contributed by atoms with Gasteiger partial charge in [-0.3, -0.25) is 0 Å². The third-order valence-corrected chi connectivity index (χ3v) is 3.24. The minimum absolute atomic E-state index is 0.0736. The largest absolute Gasteiger partial charge is 0.487 e. The molecule has 0 N–H and O–H groups in total. The molecule has 0 bridgehead atoms. The van der Waals surface area contributed by atoms with Crippen molar-refractivity contribution in [2.75, 3.05) is 19.8 Å². The van der Waals surface area contributed by atoms with E-state index in [9.17, 15) is 17.2 Å². The van der Waals surface area contributed by atoms with E-state index < -0.39 is 31.3 Å². The molecule has 0 atom stereocenters.